The molecule has 0 aromatic heterocycles. The molecular formula is C29H39NO5S. The van der Waals surface area contributed by atoms with Crippen LogP contribution < -0.4 is 0 Å². The molecule has 0 saturated heterocycles. The third-order valence-electron chi connectivity index (χ3n) is 10.4. The number of hydrogen-bond acceptors (Lipinski definition) is 6. The number of nitro benzene ring substituents is 1. The SMILES string of the molecule is CC(=O)O[C@H]1CC[C@@]2(C)C(=CC[C@H]3[C@@H]4CC[C@H]([C@H](C)OSc5ccc([N+](=O)[O-])cc5)[C@@]4(C)CC[C@@H]32)C1. The molecule has 0 aliphatic heterocycles. The molecule has 196 valence electrons. The van der Waals surface area contributed by atoms with Crippen molar-refractivity contribution in [2.45, 2.75) is 96.2 Å². The first kappa shape index (κ1) is 25.8. The largest absolute Gasteiger partial charge is 0.462 e. The van der Waals surface area contributed by atoms with Crippen LogP contribution in [-0.4, -0.2) is 23.1 Å². The van der Waals surface area contributed by atoms with Gasteiger partial charge in [-0.2, -0.15) is 0 Å². The van der Waals surface area contributed by atoms with Gasteiger partial charge >= 0.3 is 5.97 Å². The number of carbonyl (C=O) groups excluding carboxylic acids is 1. The minimum Gasteiger partial charge on any atom is -0.462 e. The molecule has 0 bridgehead atoms. The minimum absolute atomic E-state index is 0.0503. The van der Waals surface area contributed by atoms with Gasteiger partial charge in [-0.05, 0) is 98.5 Å². The smallest absolute Gasteiger partial charge is 0.302 e. The Labute approximate surface area is 218 Å². The second-order valence-corrected chi connectivity index (χ2v) is 12.9. The van der Waals surface area contributed by atoms with Gasteiger partial charge in [-0.25, -0.2) is 0 Å². The highest BCUT2D eigenvalue weighted by molar-refractivity contribution is 7.94. The second-order valence-electron chi connectivity index (χ2n) is 12.1. The number of hydrogen-bond donors (Lipinski definition) is 0. The topological polar surface area (TPSA) is 78.7 Å². The fraction of sp³-hybridized carbons (Fsp3) is 0.690. The van der Waals surface area contributed by atoms with Crippen LogP contribution in [0.3, 0.4) is 0 Å². The fourth-order valence-corrected chi connectivity index (χ4v) is 9.24. The number of non-ortho nitro benzene ring substituents is 1. The highest BCUT2D eigenvalue weighted by Crippen LogP contribution is 2.67. The number of carbonyl (C=O) groups is 1. The highest BCUT2D eigenvalue weighted by Gasteiger charge is 2.59. The average Bonchev–Trinajstić information content (AvgIpc) is 3.20. The summed E-state index contributed by atoms with van der Waals surface area (Å²) in [5.41, 5.74) is 2.17. The van der Waals surface area contributed by atoms with Crippen molar-refractivity contribution < 1.29 is 18.6 Å². The number of esters is 1. The van der Waals surface area contributed by atoms with Crippen molar-refractivity contribution in [3.63, 3.8) is 0 Å². The summed E-state index contributed by atoms with van der Waals surface area (Å²) in [7, 11) is 0. The molecule has 1 aromatic rings. The van der Waals surface area contributed by atoms with Crippen molar-refractivity contribution >= 4 is 23.7 Å². The Bertz CT molecular complexity index is 1040. The number of allylic oxidation sites excluding steroid dienone is 1. The lowest BCUT2D eigenvalue weighted by molar-refractivity contribution is -0.384. The van der Waals surface area contributed by atoms with Crippen molar-refractivity contribution in [2.75, 3.05) is 0 Å². The normalized spacial score (nSPS) is 38.2. The molecule has 4 aliphatic carbocycles. The molecule has 3 saturated carbocycles. The van der Waals surface area contributed by atoms with Gasteiger partial charge in [-0.3, -0.25) is 14.9 Å². The molecule has 4 aliphatic rings. The van der Waals surface area contributed by atoms with Crippen molar-refractivity contribution in [1.82, 2.24) is 0 Å². The lowest BCUT2D eigenvalue weighted by atomic mass is 9.47. The van der Waals surface area contributed by atoms with Crippen LogP contribution in [0.5, 0.6) is 0 Å². The van der Waals surface area contributed by atoms with E-state index in [2.05, 4.69) is 26.8 Å². The highest BCUT2D eigenvalue weighted by atomic mass is 32.2. The monoisotopic (exact) mass is 513 g/mol. The zero-order chi connectivity index (χ0) is 25.7. The van der Waals surface area contributed by atoms with Crippen LogP contribution in [0.1, 0.15) is 79.1 Å². The van der Waals surface area contributed by atoms with E-state index in [9.17, 15) is 14.9 Å². The molecule has 0 radical (unpaired) electrons. The van der Waals surface area contributed by atoms with Crippen LogP contribution in [0.25, 0.3) is 0 Å². The van der Waals surface area contributed by atoms with E-state index in [4.69, 9.17) is 8.92 Å². The summed E-state index contributed by atoms with van der Waals surface area (Å²) in [5, 5.41) is 10.9. The Kier molecular flexibility index (Phi) is 7.01. The summed E-state index contributed by atoms with van der Waals surface area (Å²) in [5.74, 6) is 2.52. The van der Waals surface area contributed by atoms with Crippen LogP contribution in [0.4, 0.5) is 5.69 Å². The average molecular weight is 514 g/mol. The number of benzene rings is 1. The molecule has 36 heavy (non-hydrogen) atoms. The zero-order valence-corrected chi connectivity index (χ0v) is 22.7. The number of fused-ring (bicyclic) bond motifs is 5. The van der Waals surface area contributed by atoms with Crippen molar-refractivity contribution in [1.29, 1.82) is 0 Å². The van der Waals surface area contributed by atoms with Gasteiger partial charge in [-0.15, -0.1) is 0 Å². The van der Waals surface area contributed by atoms with Gasteiger partial charge in [0.15, 0.2) is 0 Å². The maximum atomic E-state index is 11.5. The fourth-order valence-electron chi connectivity index (χ4n) is 8.60. The maximum absolute atomic E-state index is 11.5. The number of nitrogens with zero attached hydrogens (tertiary/aromatic N) is 1. The quantitative estimate of drug-likeness (QED) is 0.129. The summed E-state index contributed by atoms with van der Waals surface area (Å²) >= 11 is 1.35. The van der Waals surface area contributed by atoms with E-state index in [-0.39, 0.29) is 39.6 Å². The maximum Gasteiger partial charge on any atom is 0.302 e. The van der Waals surface area contributed by atoms with Crippen molar-refractivity contribution in [2.24, 2.45) is 34.5 Å². The summed E-state index contributed by atoms with van der Waals surface area (Å²) in [6.45, 7) is 8.73. The number of ether oxygens (including phenoxy) is 1. The van der Waals surface area contributed by atoms with E-state index in [1.54, 1.807) is 12.1 Å². The summed E-state index contributed by atoms with van der Waals surface area (Å²) in [6, 6.07) is 6.61. The van der Waals surface area contributed by atoms with Gasteiger partial charge < -0.3 is 8.92 Å². The number of nitro groups is 1. The molecule has 6 nitrogen and oxygen atoms in total. The predicted octanol–water partition coefficient (Wildman–Crippen LogP) is 7.52. The Morgan fingerprint density at radius 3 is 2.56 bits per heavy atom. The van der Waals surface area contributed by atoms with Gasteiger partial charge in [-0.1, -0.05) is 25.5 Å². The molecule has 0 N–H and O–H groups in total. The van der Waals surface area contributed by atoms with Crippen LogP contribution >= 0.6 is 12.0 Å². The molecule has 3 fully saturated rings. The van der Waals surface area contributed by atoms with Crippen LogP contribution in [0.2, 0.25) is 0 Å². The van der Waals surface area contributed by atoms with E-state index in [1.165, 1.54) is 62.4 Å². The summed E-state index contributed by atoms with van der Waals surface area (Å²) < 4.78 is 11.9. The molecule has 0 unspecified atom stereocenters. The number of rotatable bonds is 6. The summed E-state index contributed by atoms with van der Waals surface area (Å²) in [4.78, 5) is 23.0. The summed E-state index contributed by atoms with van der Waals surface area (Å²) in [6.07, 6.45) is 11.8. The first-order chi connectivity index (χ1) is 17.1. The van der Waals surface area contributed by atoms with Gasteiger partial charge in [0.05, 0.1) is 11.0 Å². The Hall–Kier alpha value is -1.86. The van der Waals surface area contributed by atoms with Gasteiger partial charge in [0, 0.05) is 42.4 Å². The molecule has 0 amide bonds. The Balaban J connectivity index is 1.25. The van der Waals surface area contributed by atoms with Gasteiger partial charge in [0.2, 0.25) is 0 Å². The minimum atomic E-state index is -0.372. The second kappa shape index (κ2) is 9.79. The Morgan fingerprint density at radius 1 is 1.11 bits per heavy atom. The standard InChI is InChI=1S/C29H39NO5S/c1-18(35-36-23-8-6-21(7-9-23)30(32)33)25-11-12-26-24-10-5-20-17-22(34-19(2)31)13-15-28(20,3)27(24)14-16-29(25,26)4/h5-9,18,22,24-27H,10-17H2,1-4H3/t18-,22-,24-,25+,26-,27-,28-,29+/m0/s1. The molecule has 0 heterocycles. The third-order valence-corrected chi connectivity index (χ3v) is 11.2. The van der Waals surface area contributed by atoms with Crippen molar-refractivity contribution in [3.05, 3.63) is 46.0 Å². The van der Waals surface area contributed by atoms with Gasteiger partial charge in [0.25, 0.3) is 5.69 Å². The molecule has 7 heteroatoms. The molecule has 5 rings (SSSR count). The van der Waals surface area contributed by atoms with Crippen LogP contribution in [-0.2, 0) is 13.7 Å². The Morgan fingerprint density at radius 2 is 1.86 bits per heavy atom. The lowest BCUT2D eigenvalue weighted by Gasteiger charge is -2.58. The predicted molar refractivity (Wildman–Crippen MR) is 140 cm³/mol. The lowest BCUT2D eigenvalue weighted by Crippen LogP contribution is -2.51. The van der Waals surface area contributed by atoms with Crippen LogP contribution in [0.15, 0.2) is 40.8 Å². The van der Waals surface area contributed by atoms with E-state index in [0.29, 0.717) is 5.92 Å². The first-order valence-corrected chi connectivity index (χ1v) is 14.3. The zero-order valence-electron chi connectivity index (χ0n) is 21.9. The third kappa shape index (κ3) is 4.51. The molecule has 8 atom stereocenters. The van der Waals surface area contributed by atoms with E-state index in [1.807, 2.05) is 0 Å². The van der Waals surface area contributed by atoms with Crippen molar-refractivity contribution in [3.8, 4) is 0 Å². The van der Waals surface area contributed by atoms with Crippen LogP contribution in [0, 0.1) is 44.6 Å². The van der Waals surface area contributed by atoms with E-state index >= 15 is 0 Å². The molecule has 1 aromatic carbocycles. The van der Waals surface area contributed by atoms with E-state index in [0.717, 1.165) is 48.3 Å². The molecule has 0 spiro atoms. The molecular weight excluding hydrogens is 474 g/mol. The first-order valence-electron chi connectivity index (χ1n) is 13.6. The van der Waals surface area contributed by atoms with Gasteiger partial charge in [0.1, 0.15) is 6.10 Å². The van der Waals surface area contributed by atoms with E-state index < -0.39 is 0 Å².